The summed E-state index contributed by atoms with van der Waals surface area (Å²) < 4.78 is 26.4. The van der Waals surface area contributed by atoms with Gasteiger partial charge in [0.05, 0.1) is 0 Å². The van der Waals surface area contributed by atoms with Gasteiger partial charge in [0.25, 0.3) is 10.0 Å². The predicted molar refractivity (Wildman–Crippen MR) is 69.0 cm³/mol. The van der Waals surface area contributed by atoms with Crippen LogP contribution in [-0.2, 0) is 10.0 Å². The van der Waals surface area contributed by atoms with Gasteiger partial charge in [0.1, 0.15) is 4.21 Å². The molecule has 2 rings (SSSR count). The first-order chi connectivity index (χ1) is 8.48. The Morgan fingerprint density at radius 3 is 2.28 bits per heavy atom. The van der Waals surface area contributed by atoms with Crippen LogP contribution in [0.1, 0.15) is 5.56 Å². The average Bonchev–Trinajstić information content (AvgIpc) is 2.94. The van der Waals surface area contributed by atoms with Crippen molar-refractivity contribution in [2.24, 2.45) is 11.8 Å². The highest BCUT2D eigenvalue weighted by atomic mass is 32.2. The highest BCUT2D eigenvalue weighted by Crippen LogP contribution is 2.30. The van der Waals surface area contributed by atoms with Gasteiger partial charge in [-0.2, -0.15) is 4.31 Å². The number of aryl methyl sites for hydroxylation is 1. The van der Waals surface area contributed by atoms with E-state index in [0.29, 0.717) is 4.21 Å². The second kappa shape index (κ2) is 5.26. The predicted octanol–water partition coefficient (Wildman–Crippen LogP) is 0.278. The smallest absolute Gasteiger partial charge is 0.252 e. The molecule has 1 fully saturated rings. The lowest BCUT2D eigenvalue weighted by molar-refractivity contribution is 0.152. The van der Waals surface area contributed by atoms with Crippen molar-refractivity contribution in [1.29, 1.82) is 0 Å². The summed E-state index contributed by atoms with van der Waals surface area (Å²) >= 11 is 1.21. The van der Waals surface area contributed by atoms with E-state index < -0.39 is 10.0 Å². The Labute approximate surface area is 111 Å². The Morgan fingerprint density at radius 1 is 1.33 bits per heavy atom. The minimum Gasteiger partial charge on any atom is -0.396 e. The lowest BCUT2D eigenvalue weighted by Crippen LogP contribution is -2.29. The maximum absolute atomic E-state index is 12.3. The molecule has 7 heteroatoms. The van der Waals surface area contributed by atoms with Gasteiger partial charge in [0, 0.05) is 38.1 Å². The van der Waals surface area contributed by atoms with Crippen molar-refractivity contribution >= 4 is 21.4 Å². The Morgan fingerprint density at radius 2 is 1.89 bits per heavy atom. The van der Waals surface area contributed by atoms with E-state index in [1.807, 2.05) is 6.92 Å². The molecule has 0 unspecified atom stereocenters. The summed E-state index contributed by atoms with van der Waals surface area (Å²) in [7, 11) is -3.47. The van der Waals surface area contributed by atoms with Crippen LogP contribution >= 0.6 is 11.3 Å². The van der Waals surface area contributed by atoms with Crippen LogP contribution in [0.4, 0.5) is 0 Å². The zero-order chi connectivity index (χ0) is 13.3. The number of nitrogens with zero attached hydrogens (tertiary/aromatic N) is 1. The minimum atomic E-state index is -3.47. The minimum absolute atomic E-state index is 0.0965. The van der Waals surface area contributed by atoms with E-state index in [1.54, 1.807) is 11.4 Å². The third-order valence-electron chi connectivity index (χ3n) is 3.31. The van der Waals surface area contributed by atoms with Crippen LogP contribution in [0.25, 0.3) is 0 Å². The fraction of sp³-hybridized carbons (Fsp3) is 0.636. The van der Waals surface area contributed by atoms with Crippen LogP contribution in [0.3, 0.4) is 0 Å². The maximum atomic E-state index is 12.3. The van der Waals surface area contributed by atoms with Gasteiger partial charge in [0.2, 0.25) is 0 Å². The Bertz CT molecular complexity index is 499. The summed E-state index contributed by atoms with van der Waals surface area (Å²) in [4.78, 5) is 0. The van der Waals surface area contributed by atoms with Crippen LogP contribution in [0.5, 0.6) is 0 Å². The van der Waals surface area contributed by atoms with E-state index in [-0.39, 0.29) is 38.1 Å². The van der Waals surface area contributed by atoms with Crippen molar-refractivity contribution in [1.82, 2.24) is 4.31 Å². The third kappa shape index (κ3) is 2.46. The molecule has 1 saturated heterocycles. The molecule has 1 aromatic heterocycles. The molecule has 0 bridgehead atoms. The first kappa shape index (κ1) is 14.0. The van der Waals surface area contributed by atoms with Gasteiger partial charge in [-0.15, -0.1) is 11.3 Å². The number of aliphatic hydroxyl groups excluding tert-OH is 2. The van der Waals surface area contributed by atoms with E-state index in [2.05, 4.69) is 0 Å². The number of thiophene rings is 1. The molecule has 0 aromatic carbocycles. The summed E-state index contributed by atoms with van der Waals surface area (Å²) in [5, 5.41) is 20.2. The number of hydrogen-bond donors (Lipinski definition) is 2. The van der Waals surface area contributed by atoms with Gasteiger partial charge in [-0.05, 0) is 23.9 Å². The molecular weight excluding hydrogens is 274 g/mol. The molecule has 2 atom stereocenters. The van der Waals surface area contributed by atoms with E-state index in [9.17, 15) is 18.6 Å². The van der Waals surface area contributed by atoms with Crippen LogP contribution in [0.2, 0.25) is 0 Å². The molecular formula is C11H17NO4S2. The van der Waals surface area contributed by atoms with Crippen molar-refractivity contribution in [3.63, 3.8) is 0 Å². The average molecular weight is 291 g/mol. The fourth-order valence-electron chi connectivity index (χ4n) is 2.17. The van der Waals surface area contributed by atoms with Crippen LogP contribution in [-0.4, -0.2) is 49.2 Å². The van der Waals surface area contributed by atoms with Gasteiger partial charge >= 0.3 is 0 Å². The van der Waals surface area contributed by atoms with Crippen molar-refractivity contribution in [2.75, 3.05) is 26.3 Å². The van der Waals surface area contributed by atoms with Crippen molar-refractivity contribution in [2.45, 2.75) is 11.1 Å². The van der Waals surface area contributed by atoms with Gasteiger partial charge in [0.15, 0.2) is 0 Å². The number of aliphatic hydroxyl groups is 2. The molecule has 2 heterocycles. The summed E-state index contributed by atoms with van der Waals surface area (Å²) in [6.07, 6.45) is 0. The zero-order valence-electron chi connectivity index (χ0n) is 10.1. The van der Waals surface area contributed by atoms with Crippen molar-refractivity contribution in [3.05, 3.63) is 17.0 Å². The van der Waals surface area contributed by atoms with Crippen LogP contribution in [0, 0.1) is 18.8 Å². The summed E-state index contributed by atoms with van der Waals surface area (Å²) in [5.74, 6) is -0.350. The largest absolute Gasteiger partial charge is 0.396 e. The molecule has 2 N–H and O–H groups in total. The van der Waals surface area contributed by atoms with E-state index in [4.69, 9.17) is 0 Å². The molecule has 0 amide bonds. The second-order valence-corrected chi connectivity index (χ2v) is 7.73. The molecule has 18 heavy (non-hydrogen) atoms. The quantitative estimate of drug-likeness (QED) is 0.835. The third-order valence-corrected chi connectivity index (χ3v) is 6.68. The summed E-state index contributed by atoms with van der Waals surface area (Å²) in [6.45, 7) is 2.22. The second-order valence-electron chi connectivity index (χ2n) is 4.65. The Balaban J connectivity index is 2.22. The van der Waals surface area contributed by atoms with Gasteiger partial charge in [-0.1, -0.05) is 0 Å². The molecule has 0 spiro atoms. The molecule has 0 aliphatic carbocycles. The summed E-state index contributed by atoms with van der Waals surface area (Å²) in [5.41, 5.74) is 0.926. The van der Waals surface area contributed by atoms with Crippen molar-refractivity contribution < 1.29 is 18.6 Å². The summed E-state index contributed by atoms with van der Waals surface area (Å²) in [6, 6.07) is 1.65. The highest BCUT2D eigenvalue weighted by molar-refractivity contribution is 7.91. The van der Waals surface area contributed by atoms with Crippen LogP contribution < -0.4 is 0 Å². The first-order valence-electron chi connectivity index (χ1n) is 5.76. The van der Waals surface area contributed by atoms with Gasteiger partial charge < -0.3 is 10.2 Å². The van der Waals surface area contributed by atoms with Gasteiger partial charge in [-0.25, -0.2) is 8.42 Å². The van der Waals surface area contributed by atoms with E-state index in [1.165, 1.54) is 15.6 Å². The fourth-order valence-corrected chi connectivity index (χ4v) is 5.11. The SMILES string of the molecule is Cc1csc(S(=O)(=O)N2C[C@@H](CO)[C@H](CO)C2)c1. The Kier molecular flexibility index (Phi) is 4.08. The Hall–Kier alpha value is -0.470. The lowest BCUT2D eigenvalue weighted by atomic mass is 9.98. The highest BCUT2D eigenvalue weighted by Gasteiger charge is 2.39. The molecule has 1 aliphatic heterocycles. The first-order valence-corrected chi connectivity index (χ1v) is 8.08. The van der Waals surface area contributed by atoms with Crippen LogP contribution in [0.15, 0.2) is 15.7 Å². The number of rotatable bonds is 4. The topological polar surface area (TPSA) is 77.8 Å². The van der Waals surface area contributed by atoms with Gasteiger partial charge in [-0.3, -0.25) is 0 Å². The lowest BCUT2D eigenvalue weighted by Gasteiger charge is -2.14. The monoisotopic (exact) mass is 291 g/mol. The molecule has 5 nitrogen and oxygen atoms in total. The molecule has 1 aromatic rings. The normalized spacial score (nSPS) is 25.7. The zero-order valence-corrected chi connectivity index (χ0v) is 11.7. The maximum Gasteiger partial charge on any atom is 0.252 e. The number of hydrogen-bond acceptors (Lipinski definition) is 5. The molecule has 0 radical (unpaired) electrons. The molecule has 1 aliphatic rings. The van der Waals surface area contributed by atoms with Crippen molar-refractivity contribution in [3.8, 4) is 0 Å². The standard InChI is InChI=1S/C11H17NO4S2/c1-8-2-11(17-7-8)18(15,16)12-3-9(5-13)10(4-12)6-14/h2,7,9-10,13-14H,3-6H2,1H3/t9-,10-/m0/s1. The molecule has 0 saturated carbocycles. The van der Waals surface area contributed by atoms with E-state index in [0.717, 1.165) is 5.56 Å². The number of sulfonamides is 1. The van der Waals surface area contributed by atoms with E-state index >= 15 is 0 Å². The molecule has 102 valence electrons.